The summed E-state index contributed by atoms with van der Waals surface area (Å²) in [5.41, 5.74) is 0.921. The van der Waals surface area contributed by atoms with Crippen molar-refractivity contribution in [3.63, 3.8) is 0 Å². The lowest BCUT2D eigenvalue weighted by Gasteiger charge is -2.11. The number of nitrogens with zero attached hydrogens (tertiary/aromatic N) is 4. The van der Waals surface area contributed by atoms with Crippen molar-refractivity contribution in [3.8, 4) is 11.4 Å². The van der Waals surface area contributed by atoms with E-state index in [0.29, 0.717) is 0 Å². The van der Waals surface area contributed by atoms with Crippen LogP contribution in [0.25, 0.3) is 5.69 Å². The Hall–Kier alpha value is -1.91. The van der Waals surface area contributed by atoms with E-state index >= 15 is 0 Å². The maximum absolute atomic E-state index is 5.64. The van der Waals surface area contributed by atoms with Gasteiger partial charge in [-0.1, -0.05) is 13.0 Å². The molecule has 0 unspecified atom stereocenters. The zero-order valence-electron chi connectivity index (χ0n) is 10.3. The quantitative estimate of drug-likeness (QED) is 0.809. The molecule has 2 rings (SSSR count). The first-order valence-corrected chi connectivity index (χ1v) is 5.75. The van der Waals surface area contributed by atoms with Gasteiger partial charge in [-0.2, -0.15) is 4.68 Å². The van der Waals surface area contributed by atoms with E-state index in [1.807, 2.05) is 45.0 Å². The largest absolute Gasteiger partial charge is 0.491 e. The minimum absolute atomic E-state index is 0.157. The Bertz CT molecular complexity index is 493. The van der Waals surface area contributed by atoms with Crippen LogP contribution in [-0.4, -0.2) is 26.3 Å². The molecule has 0 saturated heterocycles. The van der Waals surface area contributed by atoms with Gasteiger partial charge in [0.15, 0.2) is 5.82 Å². The highest BCUT2D eigenvalue weighted by molar-refractivity contribution is 5.38. The number of hydrogen-bond acceptors (Lipinski definition) is 4. The highest BCUT2D eigenvalue weighted by atomic mass is 16.5. The van der Waals surface area contributed by atoms with Crippen LogP contribution in [0, 0.1) is 0 Å². The normalized spacial score (nSPS) is 10.8. The Morgan fingerprint density at radius 1 is 1.35 bits per heavy atom. The average Bonchev–Trinajstić information content (AvgIpc) is 2.76. The summed E-state index contributed by atoms with van der Waals surface area (Å²) >= 11 is 0. The van der Waals surface area contributed by atoms with E-state index in [1.165, 1.54) is 0 Å². The molecule has 0 fully saturated rings. The Morgan fingerprint density at radius 3 is 2.88 bits per heavy atom. The molecule has 1 aromatic carbocycles. The monoisotopic (exact) mass is 232 g/mol. The van der Waals surface area contributed by atoms with Gasteiger partial charge in [0.2, 0.25) is 0 Å². The van der Waals surface area contributed by atoms with E-state index in [2.05, 4.69) is 15.5 Å². The Balaban J connectivity index is 2.33. The summed E-state index contributed by atoms with van der Waals surface area (Å²) < 4.78 is 7.37. The topological polar surface area (TPSA) is 52.8 Å². The summed E-state index contributed by atoms with van der Waals surface area (Å²) in [5, 5.41) is 11.6. The third-order valence-electron chi connectivity index (χ3n) is 2.28. The highest BCUT2D eigenvalue weighted by Gasteiger charge is 2.07. The van der Waals surface area contributed by atoms with Crippen molar-refractivity contribution in [1.29, 1.82) is 0 Å². The van der Waals surface area contributed by atoms with Crippen LogP contribution in [0.3, 0.4) is 0 Å². The lowest BCUT2D eigenvalue weighted by molar-refractivity contribution is 0.242. The van der Waals surface area contributed by atoms with Crippen LogP contribution in [0.4, 0.5) is 0 Å². The molecule has 0 spiro atoms. The third-order valence-corrected chi connectivity index (χ3v) is 2.28. The molecule has 0 aliphatic rings. The molecule has 0 amide bonds. The zero-order chi connectivity index (χ0) is 12.3. The van der Waals surface area contributed by atoms with Crippen molar-refractivity contribution in [3.05, 3.63) is 30.1 Å². The smallest absolute Gasteiger partial charge is 0.156 e. The second-order valence-electron chi connectivity index (χ2n) is 4.02. The summed E-state index contributed by atoms with van der Waals surface area (Å²) in [7, 11) is 0. The fourth-order valence-corrected chi connectivity index (χ4v) is 1.59. The first-order valence-electron chi connectivity index (χ1n) is 5.75. The molecule has 5 heteroatoms. The summed E-state index contributed by atoms with van der Waals surface area (Å²) in [6.07, 6.45) is 0.951. The Labute approximate surface area is 100 Å². The maximum Gasteiger partial charge on any atom is 0.156 e. The molecular formula is C12H16N4O. The first kappa shape index (κ1) is 11.6. The highest BCUT2D eigenvalue weighted by Crippen LogP contribution is 2.18. The summed E-state index contributed by atoms with van der Waals surface area (Å²) in [5.74, 6) is 1.67. The number of benzene rings is 1. The van der Waals surface area contributed by atoms with Gasteiger partial charge in [-0.3, -0.25) is 0 Å². The second kappa shape index (κ2) is 4.95. The molecular weight excluding hydrogens is 216 g/mol. The van der Waals surface area contributed by atoms with Crippen molar-refractivity contribution >= 4 is 0 Å². The van der Waals surface area contributed by atoms with Crippen molar-refractivity contribution in [2.24, 2.45) is 0 Å². The first-order chi connectivity index (χ1) is 8.20. The molecule has 1 heterocycles. The van der Waals surface area contributed by atoms with Gasteiger partial charge >= 0.3 is 0 Å². The van der Waals surface area contributed by atoms with Gasteiger partial charge in [-0.05, 0) is 36.4 Å². The minimum Gasteiger partial charge on any atom is -0.491 e. The van der Waals surface area contributed by atoms with E-state index in [9.17, 15) is 0 Å². The van der Waals surface area contributed by atoms with Gasteiger partial charge in [-0.15, -0.1) is 5.10 Å². The zero-order valence-corrected chi connectivity index (χ0v) is 10.3. The van der Waals surface area contributed by atoms with Crippen LogP contribution >= 0.6 is 0 Å². The average molecular weight is 232 g/mol. The standard InChI is InChI=1S/C12H16N4O/c1-4-12-13-14-15-16(12)10-6-5-7-11(8-10)17-9(2)3/h5-9H,4H2,1-3H3. The van der Waals surface area contributed by atoms with E-state index in [4.69, 9.17) is 4.74 Å². The Kier molecular flexibility index (Phi) is 3.37. The van der Waals surface area contributed by atoms with Crippen molar-refractivity contribution in [2.45, 2.75) is 33.3 Å². The number of hydrogen-bond donors (Lipinski definition) is 0. The number of ether oxygens (including phenoxy) is 1. The van der Waals surface area contributed by atoms with E-state index in [-0.39, 0.29) is 6.10 Å². The van der Waals surface area contributed by atoms with E-state index in [0.717, 1.165) is 23.7 Å². The summed E-state index contributed by atoms with van der Waals surface area (Å²) in [4.78, 5) is 0. The van der Waals surface area contributed by atoms with Crippen LogP contribution in [0.1, 0.15) is 26.6 Å². The van der Waals surface area contributed by atoms with Crippen LogP contribution in [-0.2, 0) is 6.42 Å². The molecule has 0 saturated carbocycles. The van der Waals surface area contributed by atoms with Gasteiger partial charge in [0.05, 0.1) is 11.8 Å². The lowest BCUT2D eigenvalue weighted by Crippen LogP contribution is -2.07. The summed E-state index contributed by atoms with van der Waals surface area (Å²) in [6, 6.07) is 7.77. The molecule has 0 aliphatic heterocycles. The molecule has 90 valence electrons. The van der Waals surface area contributed by atoms with Gasteiger partial charge in [0, 0.05) is 12.5 Å². The van der Waals surface area contributed by atoms with Crippen molar-refractivity contribution in [1.82, 2.24) is 20.2 Å². The molecule has 1 aromatic heterocycles. The van der Waals surface area contributed by atoms with Crippen LogP contribution in [0.5, 0.6) is 5.75 Å². The van der Waals surface area contributed by atoms with Crippen LogP contribution in [0.2, 0.25) is 0 Å². The molecule has 0 N–H and O–H groups in total. The minimum atomic E-state index is 0.157. The van der Waals surface area contributed by atoms with Gasteiger partial charge in [0.1, 0.15) is 5.75 Å². The predicted molar refractivity (Wildman–Crippen MR) is 64.3 cm³/mol. The maximum atomic E-state index is 5.64. The number of tetrazole rings is 1. The fourth-order valence-electron chi connectivity index (χ4n) is 1.59. The van der Waals surface area contributed by atoms with Crippen molar-refractivity contribution < 1.29 is 4.74 Å². The molecule has 0 aliphatic carbocycles. The SMILES string of the molecule is CCc1nnnn1-c1cccc(OC(C)C)c1. The number of aryl methyl sites for hydroxylation is 1. The molecule has 0 radical (unpaired) electrons. The van der Waals surface area contributed by atoms with Gasteiger partial charge in [-0.25, -0.2) is 0 Å². The molecule has 5 nitrogen and oxygen atoms in total. The Morgan fingerprint density at radius 2 is 2.18 bits per heavy atom. The predicted octanol–water partition coefficient (Wildman–Crippen LogP) is 2.01. The second-order valence-corrected chi connectivity index (χ2v) is 4.02. The fraction of sp³-hybridized carbons (Fsp3) is 0.417. The molecule has 2 aromatic rings. The molecule has 17 heavy (non-hydrogen) atoms. The van der Waals surface area contributed by atoms with Crippen molar-refractivity contribution in [2.75, 3.05) is 0 Å². The van der Waals surface area contributed by atoms with E-state index in [1.54, 1.807) is 4.68 Å². The number of aromatic nitrogens is 4. The van der Waals surface area contributed by atoms with Crippen LogP contribution in [0.15, 0.2) is 24.3 Å². The van der Waals surface area contributed by atoms with E-state index < -0.39 is 0 Å². The van der Waals surface area contributed by atoms with Gasteiger partial charge in [0.25, 0.3) is 0 Å². The number of rotatable bonds is 4. The summed E-state index contributed by atoms with van der Waals surface area (Å²) in [6.45, 7) is 6.03. The molecule has 0 bridgehead atoms. The lowest BCUT2D eigenvalue weighted by atomic mass is 10.3. The van der Waals surface area contributed by atoms with Gasteiger partial charge < -0.3 is 4.74 Å². The third kappa shape index (κ3) is 2.61. The molecule has 0 atom stereocenters. The van der Waals surface area contributed by atoms with Crippen LogP contribution < -0.4 is 4.74 Å².